The van der Waals surface area contributed by atoms with Crippen molar-refractivity contribution < 1.29 is 19.1 Å². The Morgan fingerprint density at radius 2 is 2.03 bits per heavy atom. The first-order valence-electron chi connectivity index (χ1n) is 9.80. The predicted octanol–water partition coefficient (Wildman–Crippen LogP) is 3.52. The number of thiophene rings is 1. The van der Waals surface area contributed by atoms with Crippen LogP contribution in [0, 0.1) is 0 Å². The van der Waals surface area contributed by atoms with Crippen LogP contribution in [0.4, 0.5) is 0 Å². The molecule has 0 aliphatic carbocycles. The third kappa shape index (κ3) is 4.90. The van der Waals surface area contributed by atoms with Crippen LogP contribution in [0.1, 0.15) is 37.3 Å². The van der Waals surface area contributed by atoms with E-state index in [2.05, 4.69) is 11.4 Å². The van der Waals surface area contributed by atoms with E-state index in [-0.39, 0.29) is 30.4 Å². The lowest BCUT2D eigenvalue weighted by atomic mass is 10.0. The summed E-state index contributed by atoms with van der Waals surface area (Å²) in [5, 5.41) is 2.06. The van der Waals surface area contributed by atoms with Gasteiger partial charge in [0.05, 0.1) is 19.7 Å². The fourth-order valence-corrected chi connectivity index (χ4v) is 4.56. The minimum Gasteiger partial charge on any atom is -0.497 e. The van der Waals surface area contributed by atoms with Crippen LogP contribution in [0.25, 0.3) is 0 Å². The molecule has 29 heavy (non-hydrogen) atoms. The number of carbonyl (C=O) groups excluding carboxylic acids is 2. The number of rotatable bonds is 7. The van der Waals surface area contributed by atoms with Crippen molar-refractivity contribution in [3.05, 3.63) is 46.2 Å². The molecular formula is C22H28N2O4S. The van der Waals surface area contributed by atoms with E-state index in [1.165, 1.54) is 11.8 Å². The van der Waals surface area contributed by atoms with Gasteiger partial charge in [0, 0.05) is 30.5 Å². The molecule has 0 radical (unpaired) electrons. The van der Waals surface area contributed by atoms with E-state index in [4.69, 9.17) is 9.47 Å². The molecule has 0 fully saturated rings. The van der Waals surface area contributed by atoms with E-state index >= 15 is 0 Å². The van der Waals surface area contributed by atoms with Gasteiger partial charge in [0.2, 0.25) is 11.8 Å². The Hall–Kier alpha value is -2.54. The summed E-state index contributed by atoms with van der Waals surface area (Å²) < 4.78 is 11.3. The molecule has 6 nitrogen and oxygen atoms in total. The summed E-state index contributed by atoms with van der Waals surface area (Å²) in [6, 6.07) is 9.32. The number of hydrogen-bond acceptors (Lipinski definition) is 5. The molecule has 2 amide bonds. The first-order valence-corrected chi connectivity index (χ1v) is 10.7. The molecule has 0 saturated heterocycles. The first-order chi connectivity index (χ1) is 13.9. The Morgan fingerprint density at radius 1 is 1.28 bits per heavy atom. The van der Waals surface area contributed by atoms with Crippen molar-refractivity contribution in [2.24, 2.45) is 0 Å². The van der Waals surface area contributed by atoms with Crippen molar-refractivity contribution in [3.8, 4) is 11.5 Å². The second-order valence-electron chi connectivity index (χ2n) is 7.38. The van der Waals surface area contributed by atoms with Crippen molar-refractivity contribution in [1.29, 1.82) is 0 Å². The van der Waals surface area contributed by atoms with Gasteiger partial charge in [-0.1, -0.05) is 6.07 Å². The number of benzene rings is 1. The van der Waals surface area contributed by atoms with Crippen molar-refractivity contribution in [2.75, 3.05) is 26.8 Å². The minimum absolute atomic E-state index is 0.0237. The van der Waals surface area contributed by atoms with Crippen LogP contribution in [-0.2, 0) is 16.0 Å². The zero-order valence-electron chi connectivity index (χ0n) is 17.4. The summed E-state index contributed by atoms with van der Waals surface area (Å²) in [7, 11) is 1.62. The minimum atomic E-state index is -0.176. The first kappa shape index (κ1) is 21.2. The van der Waals surface area contributed by atoms with E-state index in [1.54, 1.807) is 23.3 Å². The van der Waals surface area contributed by atoms with Gasteiger partial charge in [-0.2, -0.15) is 0 Å². The molecule has 7 heteroatoms. The van der Waals surface area contributed by atoms with Crippen LogP contribution in [0.2, 0.25) is 0 Å². The van der Waals surface area contributed by atoms with Gasteiger partial charge in [-0.3, -0.25) is 9.59 Å². The van der Waals surface area contributed by atoms with Crippen molar-refractivity contribution in [1.82, 2.24) is 9.80 Å². The Kier molecular flexibility index (Phi) is 6.79. The van der Waals surface area contributed by atoms with Gasteiger partial charge in [-0.25, -0.2) is 0 Å². The molecule has 1 unspecified atom stereocenters. The van der Waals surface area contributed by atoms with Gasteiger partial charge in [-0.05, 0) is 49.4 Å². The SMILES string of the molecule is COc1cccc(OCC2c3ccsc3CCN2C(=O)CN(C(C)=O)C(C)C)c1. The van der Waals surface area contributed by atoms with Crippen LogP contribution in [0.15, 0.2) is 35.7 Å². The molecule has 1 aromatic heterocycles. The number of methoxy groups -OCH3 is 1. The third-order valence-electron chi connectivity index (χ3n) is 5.20. The van der Waals surface area contributed by atoms with Gasteiger partial charge in [-0.15, -0.1) is 11.3 Å². The van der Waals surface area contributed by atoms with Gasteiger partial charge in [0.25, 0.3) is 0 Å². The summed E-state index contributed by atoms with van der Waals surface area (Å²) in [6.45, 7) is 6.41. The monoisotopic (exact) mass is 416 g/mol. The summed E-state index contributed by atoms with van der Waals surface area (Å²) in [6.07, 6.45) is 0.830. The van der Waals surface area contributed by atoms with Crippen molar-refractivity contribution >= 4 is 23.2 Å². The van der Waals surface area contributed by atoms with E-state index in [0.717, 1.165) is 17.7 Å². The van der Waals surface area contributed by atoms with Crippen molar-refractivity contribution in [2.45, 2.75) is 39.3 Å². The summed E-state index contributed by atoms with van der Waals surface area (Å²) in [4.78, 5) is 29.8. The van der Waals surface area contributed by atoms with Gasteiger partial charge >= 0.3 is 0 Å². The summed E-state index contributed by atoms with van der Waals surface area (Å²) in [5.74, 6) is 1.28. The molecule has 1 aromatic carbocycles. The molecule has 3 rings (SSSR count). The molecule has 1 atom stereocenters. The quantitative estimate of drug-likeness (QED) is 0.693. The Labute approximate surface area is 176 Å². The lowest BCUT2D eigenvalue weighted by Crippen LogP contribution is -2.49. The average Bonchev–Trinajstić information content (AvgIpc) is 3.18. The number of carbonyl (C=O) groups is 2. The molecule has 156 valence electrons. The van der Waals surface area contributed by atoms with Gasteiger partial charge in [0.1, 0.15) is 18.1 Å². The van der Waals surface area contributed by atoms with E-state index in [1.807, 2.05) is 43.0 Å². The normalized spacial score (nSPS) is 15.8. The Morgan fingerprint density at radius 3 is 2.72 bits per heavy atom. The maximum atomic E-state index is 13.1. The molecule has 2 aromatic rings. The smallest absolute Gasteiger partial charge is 0.242 e. The van der Waals surface area contributed by atoms with Crippen LogP contribution in [0.5, 0.6) is 11.5 Å². The molecule has 1 aliphatic rings. The van der Waals surface area contributed by atoms with Crippen LogP contribution < -0.4 is 9.47 Å². The Bertz CT molecular complexity index is 864. The highest BCUT2D eigenvalue weighted by atomic mass is 32.1. The van der Waals surface area contributed by atoms with E-state index in [9.17, 15) is 9.59 Å². The van der Waals surface area contributed by atoms with Gasteiger partial charge in [0.15, 0.2) is 0 Å². The lowest BCUT2D eigenvalue weighted by Gasteiger charge is -2.37. The molecule has 1 aliphatic heterocycles. The third-order valence-corrected chi connectivity index (χ3v) is 6.19. The molecule has 0 saturated carbocycles. The van der Waals surface area contributed by atoms with Crippen LogP contribution in [-0.4, -0.2) is 54.5 Å². The van der Waals surface area contributed by atoms with Crippen molar-refractivity contribution in [3.63, 3.8) is 0 Å². The average molecular weight is 417 g/mol. The highest BCUT2D eigenvalue weighted by molar-refractivity contribution is 7.10. The molecule has 0 N–H and O–H groups in total. The van der Waals surface area contributed by atoms with E-state index in [0.29, 0.717) is 18.9 Å². The second-order valence-corrected chi connectivity index (χ2v) is 8.38. The largest absolute Gasteiger partial charge is 0.497 e. The zero-order valence-corrected chi connectivity index (χ0v) is 18.2. The highest BCUT2D eigenvalue weighted by Gasteiger charge is 2.33. The topological polar surface area (TPSA) is 59.1 Å². The second kappa shape index (κ2) is 9.31. The van der Waals surface area contributed by atoms with Crippen LogP contribution in [0.3, 0.4) is 0 Å². The number of fused-ring (bicyclic) bond motifs is 1. The molecular weight excluding hydrogens is 388 g/mol. The van der Waals surface area contributed by atoms with Gasteiger partial charge < -0.3 is 19.3 Å². The molecule has 0 bridgehead atoms. The zero-order chi connectivity index (χ0) is 21.0. The lowest BCUT2D eigenvalue weighted by molar-refractivity contribution is -0.143. The number of hydrogen-bond donors (Lipinski definition) is 0. The number of nitrogens with zero attached hydrogens (tertiary/aromatic N) is 2. The number of ether oxygens (including phenoxy) is 2. The molecule has 0 spiro atoms. The predicted molar refractivity (Wildman–Crippen MR) is 113 cm³/mol. The van der Waals surface area contributed by atoms with E-state index < -0.39 is 0 Å². The van der Waals surface area contributed by atoms with Crippen LogP contribution >= 0.6 is 11.3 Å². The summed E-state index contributed by atoms with van der Waals surface area (Å²) in [5.41, 5.74) is 1.14. The summed E-state index contributed by atoms with van der Waals surface area (Å²) >= 11 is 1.72. The fourth-order valence-electron chi connectivity index (χ4n) is 3.63. The molecule has 2 heterocycles. The standard InChI is InChI=1S/C22H28N2O4S/c1-15(2)24(16(3)25)13-22(26)23-10-8-21-19(9-11-29-21)20(23)14-28-18-7-5-6-17(12-18)27-4/h5-7,9,11-12,15,20H,8,10,13-14H2,1-4H3. The maximum Gasteiger partial charge on any atom is 0.242 e. The maximum absolute atomic E-state index is 13.1. The number of amides is 2. The fraction of sp³-hybridized carbons (Fsp3) is 0.455. The highest BCUT2D eigenvalue weighted by Crippen LogP contribution is 2.34. The Balaban J connectivity index is 1.78.